The van der Waals surface area contributed by atoms with Crippen LogP contribution in [-0.4, -0.2) is 60.5 Å². The molecule has 0 radical (unpaired) electrons. The van der Waals surface area contributed by atoms with Crippen molar-refractivity contribution in [1.82, 2.24) is 9.80 Å². The largest absolute Gasteiger partial charge is 0.496 e. The van der Waals surface area contributed by atoms with Gasteiger partial charge in [-0.2, -0.15) is 0 Å². The molecule has 7 heteroatoms. The molecule has 114 valence electrons. The highest BCUT2D eigenvalue weighted by molar-refractivity contribution is 7.80. The number of hydrogen-bond donors (Lipinski definition) is 1. The van der Waals surface area contributed by atoms with Gasteiger partial charge in [-0.05, 0) is 18.2 Å². The molecule has 1 aromatic carbocycles. The first kappa shape index (κ1) is 16.0. The van der Waals surface area contributed by atoms with Crippen LogP contribution in [0, 0.1) is 0 Å². The normalized spacial score (nSPS) is 15.8. The molecule has 0 bridgehead atoms. The molecule has 1 saturated heterocycles. The van der Waals surface area contributed by atoms with E-state index in [-0.39, 0.29) is 5.91 Å². The first-order chi connectivity index (χ1) is 10.0. The fourth-order valence-corrected chi connectivity index (χ4v) is 2.70. The second kappa shape index (κ2) is 7.06. The Morgan fingerprint density at radius 2 is 2.05 bits per heavy atom. The predicted octanol–water partition coefficient (Wildman–Crippen LogP) is 1.39. The van der Waals surface area contributed by atoms with Gasteiger partial charge in [-0.3, -0.25) is 9.69 Å². The summed E-state index contributed by atoms with van der Waals surface area (Å²) in [7, 11) is 1.54. The molecule has 1 heterocycles. The molecule has 2 N–H and O–H groups in total. The number of hydrogen-bond acceptors (Lipinski definition) is 4. The Morgan fingerprint density at radius 3 is 2.62 bits per heavy atom. The Balaban J connectivity index is 2.05. The molecule has 0 aliphatic carbocycles. The summed E-state index contributed by atoms with van der Waals surface area (Å²) in [5, 5.41) is 0.520. The maximum Gasteiger partial charge on any atom is 0.257 e. The number of ether oxygens (including phenoxy) is 1. The number of rotatable bonds is 4. The standard InChI is InChI=1S/C14H18ClN3O2S/c1-20-12-3-2-10(15)8-11(12)14(19)18-6-4-17(5-7-18)9-13(16)21/h2-3,8H,4-7,9H2,1H3,(H2,16,21). The Kier molecular flexibility index (Phi) is 5.39. The number of methoxy groups -OCH3 is 1. The summed E-state index contributed by atoms with van der Waals surface area (Å²) in [6, 6.07) is 5.06. The van der Waals surface area contributed by atoms with Crippen LogP contribution in [0.1, 0.15) is 10.4 Å². The summed E-state index contributed by atoms with van der Waals surface area (Å²) in [4.78, 5) is 17.0. The fraction of sp³-hybridized carbons (Fsp3) is 0.429. The van der Waals surface area contributed by atoms with E-state index >= 15 is 0 Å². The highest BCUT2D eigenvalue weighted by Crippen LogP contribution is 2.24. The molecule has 0 atom stereocenters. The average molecular weight is 328 g/mol. The fourth-order valence-electron chi connectivity index (χ4n) is 2.35. The van der Waals surface area contributed by atoms with Crippen molar-refractivity contribution >= 4 is 34.7 Å². The van der Waals surface area contributed by atoms with Gasteiger partial charge in [0.2, 0.25) is 0 Å². The Labute approximate surface area is 134 Å². The molecule has 0 aromatic heterocycles. The van der Waals surface area contributed by atoms with E-state index in [4.69, 9.17) is 34.3 Å². The highest BCUT2D eigenvalue weighted by Gasteiger charge is 2.24. The molecular weight excluding hydrogens is 310 g/mol. The molecule has 5 nitrogen and oxygen atoms in total. The molecule has 1 fully saturated rings. The molecule has 21 heavy (non-hydrogen) atoms. The lowest BCUT2D eigenvalue weighted by atomic mass is 10.1. The summed E-state index contributed by atoms with van der Waals surface area (Å²) in [5.41, 5.74) is 6.03. The van der Waals surface area contributed by atoms with Gasteiger partial charge in [0.05, 0.1) is 17.7 Å². The number of nitrogens with zero attached hydrogens (tertiary/aromatic N) is 2. The monoisotopic (exact) mass is 327 g/mol. The van der Waals surface area contributed by atoms with E-state index in [9.17, 15) is 4.79 Å². The third-order valence-electron chi connectivity index (χ3n) is 3.43. The third-order valence-corrected chi connectivity index (χ3v) is 3.80. The lowest BCUT2D eigenvalue weighted by Crippen LogP contribution is -2.50. The molecule has 0 saturated carbocycles. The highest BCUT2D eigenvalue weighted by atomic mass is 35.5. The van der Waals surface area contributed by atoms with Crippen LogP contribution in [-0.2, 0) is 0 Å². The first-order valence-electron chi connectivity index (χ1n) is 6.64. The van der Waals surface area contributed by atoms with Crippen molar-refractivity contribution < 1.29 is 9.53 Å². The van der Waals surface area contributed by atoms with E-state index in [2.05, 4.69) is 4.90 Å². The van der Waals surface area contributed by atoms with Gasteiger partial charge < -0.3 is 15.4 Å². The Morgan fingerprint density at radius 1 is 1.38 bits per heavy atom. The first-order valence-corrected chi connectivity index (χ1v) is 7.43. The van der Waals surface area contributed by atoms with Crippen molar-refractivity contribution in [3.8, 4) is 5.75 Å². The van der Waals surface area contributed by atoms with Gasteiger partial charge in [-0.1, -0.05) is 23.8 Å². The van der Waals surface area contributed by atoms with E-state index in [1.165, 1.54) is 0 Å². The van der Waals surface area contributed by atoms with Gasteiger partial charge in [0.25, 0.3) is 5.91 Å². The minimum atomic E-state index is -0.0654. The number of piperazine rings is 1. The molecular formula is C14H18ClN3O2S. The van der Waals surface area contributed by atoms with Gasteiger partial charge >= 0.3 is 0 Å². The van der Waals surface area contributed by atoms with E-state index in [1.54, 1.807) is 30.2 Å². The smallest absolute Gasteiger partial charge is 0.257 e. The van der Waals surface area contributed by atoms with Crippen molar-refractivity contribution in [2.75, 3.05) is 39.8 Å². The number of nitrogens with two attached hydrogens (primary N) is 1. The van der Waals surface area contributed by atoms with Crippen molar-refractivity contribution in [3.63, 3.8) is 0 Å². The van der Waals surface area contributed by atoms with Gasteiger partial charge in [0, 0.05) is 37.7 Å². The van der Waals surface area contributed by atoms with Gasteiger partial charge in [-0.15, -0.1) is 0 Å². The maximum absolute atomic E-state index is 12.6. The van der Waals surface area contributed by atoms with E-state index in [0.717, 1.165) is 13.1 Å². The minimum absolute atomic E-state index is 0.0654. The predicted molar refractivity (Wildman–Crippen MR) is 87.1 cm³/mol. The molecule has 0 spiro atoms. The van der Waals surface area contributed by atoms with Crippen LogP contribution in [0.3, 0.4) is 0 Å². The van der Waals surface area contributed by atoms with Gasteiger partial charge in [0.15, 0.2) is 0 Å². The quantitative estimate of drug-likeness (QED) is 0.847. The van der Waals surface area contributed by atoms with Gasteiger partial charge in [-0.25, -0.2) is 0 Å². The zero-order chi connectivity index (χ0) is 15.4. The van der Waals surface area contributed by atoms with Crippen LogP contribution in [0.15, 0.2) is 18.2 Å². The van der Waals surface area contributed by atoms with E-state index < -0.39 is 0 Å². The molecule has 1 aliphatic heterocycles. The van der Waals surface area contributed by atoms with Crippen LogP contribution in [0.4, 0.5) is 0 Å². The number of benzene rings is 1. The Hall–Kier alpha value is -1.37. The maximum atomic E-state index is 12.6. The van der Waals surface area contributed by atoms with E-state index in [0.29, 0.717) is 41.0 Å². The number of amides is 1. The zero-order valence-corrected chi connectivity index (χ0v) is 13.4. The summed E-state index contributed by atoms with van der Waals surface area (Å²) in [6.45, 7) is 3.38. The third kappa shape index (κ3) is 4.06. The van der Waals surface area contributed by atoms with Crippen LogP contribution in [0.25, 0.3) is 0 Å². The molecule has 1 amide bonds. The summed E-state index contributed by atoms with van der Waals surface area (Å²) in [6.07, 6.45) is 0. The molecule has 1 aliphatic rings. The zero-order valence-electron chi connectivity index (χ0n) is 11.8. The van der Waals surface area contributed by atoms with Crippen molar-refractivity contribution in [1.29, 1.82) is 0 Å². The van der Waals surface area contributed by atoms with Gasteiger partial charge in [0.1, 0.15) is 5.75 Å². The van der Waals surface area contributed by atoms with Crippen molar-refractivity contribution in [2.45, 2.75) is 0 Å². The number of carbonyl (C=O) groups excluding carboxylic acids is 1. The lowest BCUT2D eigenvalue weighted by Gasteiger charge is -2.34. The van der Waals surface area contributed by atoms with Crippen molar-refractivity contribution in [3.05, 3.63) is 28.8 Å². The molecule has 1 aromatic rings. The Bertz CT molecular complexity index is 545. The number of carbonyl (C=O) groups is 1. The van der Waals surface area contributed by atoms with E-state index in [1.807, 2.05) is 0 Å². The van der Waals surface area contributed by atoms with Crippen LogP contribution in [0.5, 0.6) is 5.75 Å². The van der Waals surface area contributed by atoms with Crippen LogP contribution < -0.4 is 10.5 Å². The molecule has 2 rings (SSSR count). The minimum Gasteiger partial charge on any atom is -0.496 e. The summed E-state index contributed by atoms with van der Waals surface area (Å²) < 4.78 is 5.24. The topological polar surface area (TPSA) is 58.8 Å². The summed E-state index contributed by atoms with van der Waals surface area (Å²) in [5.74, 6) is 0.472. The lowest BCUT2D eigenvalue weighted by molar-refractivity contribution is 0.0651. The average Bonchev–Trinajstić information content (AvgIpc) is 2.46. The summed E-state index contributed by atoms with van der Waals surface area (Å²) >= 11 is 10.9. The number of halogens is 1. The second-order valence-electron chi connectivity index (χ2n) is 4.88. The van der Waals surface area contributed by atoms with Crippen LogP contribution >= 0.6 is 23.8 Å². The van der Waals surface area contributed by atoms with Crippen LogP contribution in [0.2, 0.25) is 5.02 Å². The molecule has 0 unspecified atom stereocenters. The van der Waals surface area contributed by atoms with Crippen molar-refractivity contribution in [2.24, 2.45) is 5.73 Å². The second-order valence-corrected chi connectivity index (χ2v) is 5.84. The number of thiocarbonyl (C=S) groups is 1. The SMILES string of the molecule is COc1ccc(Cl)cc1C(=O)N1CCN(CC(N)=S)CC1.